The summed E-state index contributed by atoms with van der Waals surface area (Å²) >= 11 is 2.05. The van der Waals surface area contributed by atoms with Gasteiger partial charge in [0.25, 0.3) is 11.8 Å². The smallest absolute Gasteiger partial charge is 0.292 e. The topological polar surface area (TPSA) is 102 Å². The lowest BCUT2D eigenvalue weighted by molar-refractivity contribution is 0.0947. The molecule has 144 valence electrons. The predicted molar refractivity (Wildman–Crippen MR) is 113 cm³/mol. The number of hydrogen-bond donors (Lipinski definition) is 2. The van der Waals surface area contributed by atoms with Crippen molar-refractivity contribution in [2.75, 3.05) is 5.32 Å². The molecule has 28 heavy (non-hydrogen) atoms. The van der Waals surface area contributed by atoms with Gasteiger partial charge in [-0.3, -0.25) is 14.3 Å². The lowest BCUT2D eigenvalue weighted by atomic mass is 10.1. The minimum atomic E-state index is -0.372. The van der Waals surface area contributed by atoms with Crippen molar-refractivity contribution in [2.45, 2.75) is 13.8 Å². The molecule has 2 amide bonds. The number of nitrogens with one attached hydrogen (secondary N) is 2. The van der Waals surface area contributed by atoms with Crippen molar-refractivity contribution in [2.24, 2.45) is 12.1 Å². The van der Waals surface area contributed by atoms with Crippen molar-refractivity contribution in [1.82, 2.24) is 15.2 Å². The fourth-order valence-corrected chi connectivity index (χ4v) is 3.24. The highest BCUT2D eigenvalue weighted by Gasteiger charge is 2.14. The normalized spacial score (nSPS) is 11.4. The fourth-order valence-electron chi connectivity index (χ4n) is 2.48. The average molecular weight is 491 g/mol. The number of aryl methyl sites for hydroxylation is 2. The van der Waals surface area contributed by atoms with Gasteiger partial charge in [-0.1, -0.05) is 12.1 Å². The van der Waals surface area contributed by atoms with Crippen LogP contribution in [0.3, 0.4) is 0 Å². The van der Waals surface area contributed by atoms with Crippen LogP contribution in [0.25, 0.3) is 0 Å². The molecule has 0 bridgehead atoms. The maximum absolute atomic E-state index is 12.2. The fraction of sp³-hybridized carbons (Fsp3) is 0.158. The number of rotatable bonds is 5. The summed E-state index contributed by atoms with van der Waals surface area (Å²) in [7, 11) is 1.75. The van der Waals surface area contributed by atoms with E-state index in [0.717, 1.165) is 9.13 Å². The molecule has 0 saturated heterocycles. The predicted octanol–water partition coefficient (Wildman–Crippen LogP) is 3.33. The Morgan fingerprint density at radius 2 is 1.89 bits per heavy atom. The number of benzene rings is 1. The zero-order valence-electron chi connectivity index (χ0n) is 15.5. The lowest BCUT2D eigenvalue weighted by Crippen LogP contribution is -2.21. The zero-order valence-corrected chi connectivity index (χ0v) is 17.6. The molecule has 9 heteroatoms. The first-order chi connectivity index (χ1) is 13.3. The van der Waals surface area contributed by atoms with Gasteiger partial charge in [-0.05, 0) is 60.2 Å². The molecule has 3 aromatic rings. The van der Waals surface area contributed by atoms with Gasteiger partial charge in [-0.2, -0.15) is 10.2 Å². The van der Waals surface area contributed by atoms with Crippen LogP contribution >= 0.6 is 22.6 Å². The van der Waals surface area contributed by atoms with Crippen molar-refractivity contribution in [3.8, 4) is 0 Å². The van der Waals surface area contributed by atoms with Crippen molar-refractivity contribution in [3.63, 3.8) is 0 Å². The first kappa shape index (κ1) is 19.8. The van der Waals surface area contributed by atoms with Crippen LogP contribution in [-0.4, -0.2) is 27.3 Å². The number of amides is 2. The van der Waals surface area contributed by atoms with Gasteiger partial charge in [0.2, 0.25) is 0 Å². The number of halogens is 1. The number of hydrazone groups is 1. The Bertz CT molecular complexity index is 1050. The summed E-state index contributed by atoms with van der Waals surface area (Å²) in [5.74, 6) is -0.0410. The third-order valence-electron chi connectivity index (χ3n) is 3.99. The molecule has 2 aromatic heterocycles. The number of anilines is 1. The van der Waals surface area contributed by atoms with E-state index in [1.54, 1.807) is 50.0 Å². The van der Waals surface area contributed by atoms with Crippen LogP contribution in [-0.2, 0) is 7.05 Å². The Morgan fingerprint density at radius 3 is 2.46 bits per heavy atom. The van der Waals surface area contributed by atoms with Crippen LogP contribution in [0.15, 0.2) is 52.3 Å². The maximum atomic E-state index is 12.2. The summed E-state index contributed by atoms with van der Waals surface area (Å²) in [6.07, 6.45) is 3.23. The minimum Gasteiger partial charge on any atom is -0.469 e. The van der Waals surface area contributed by atoms with E-state index < -0.39 is 0 Å². The van der Waals surface area contributed by atoms with E-state index in [1.165, 1.54) is 6.26 Å². The molecule has 0 spiro atoms. The number of furan rings is 1. The van der Waals surface area contributed by atoms with Crippen molar-refractivity contribution >= 4 is 45.8 Å². The standard InChI is InChI=1S/C19H18IN5O3/c1-11(22-23-19(27)17-16(20)10-25(3)24-17)13-4-6-14(7-5-13)21-18(26)15-8-9-28-12(15)2/h4-10H,1-3H3,(H,21,26)(H,23,27)/b22-11+. The molecule has 0 atom stereocenters. The second kappa shape index (κ2) is 8.38. The molecule has 0 saturated carbocycles. The molecule has 1 aromatic carbocycles. The Kier molecular flexibility index (Phi) is 5.93. The van der Waals surface area contributed by atoms with E-state index in [1.807, 2.05) is 12.1 Å². The Balaban J connectivity index is 1.64. The summed E-state index contributed by atoms with van der Waals surface area (Å²) in [6, 6.07) is 8.79. The summed E-state index contributed by atoms with van der Waals surface area (Å²) in [5.41, 5.74) is 5.42. The van der Waals surface area contributed by atoms with Gasteiger partial charge >= 0.3 is 0 Å². The number of hydrogen-bond acceptors (Lipinski definition) is 5. The molecule has 3 rings (SSSR count). The largest absolute Gasteiger partial charge is 0.469 e. The second-order valence-corrected chi connectivity index (χ2v) is 7.22. The van der Waals surface area contributed by atoms with Crippen molar-refractivity contribution in [3.05, 3.63) is 68.9 Å². The molecular formula is C19H18IN5O3. The third-order valence-corrected chi connectivity index (χ3v) is 4.78. The molecule has 0 aliphatic rings. The highest BCUT2D eigenvalue weighted by Crippen LogP contribution is 2.15. The Hall–Kier alpha value is -2.95. The highest BCUT2D eigenvalue weighted by atomic mass is 127. The van der Waals surface area contributed by atoms with Gasteiger partial charge in [0.1, 0.15) is 5.76 Å². The molecule has 2 N–H and O–H groups in total. The number of carbonyl (C=O) groups is 2. The van der Waals surface area contributed by atoms with Gasteiger partial charge in [-0.25, -0.2) is 5.43 Å². The van der Waals surface area contributed by atoms with E-state index in [-0.39, 0.29) is 11.8 Å². The van der Waals surface area contributed by atoms with Crippen LogP contribution in [0.2, 0.25) is 0 Å². The van der Waals surface area contributed by atoms with E-state index in [0.29, 0.717) is 28.4 Å². The molecule has 0 aliphatic carbocycles. The van der Waals surface area contributed by atoms with Gasteiger partial charge in [0.05, 0.1) is 21.1 Å². The minimum absolute atomic E-state index is 0.235. The van der Waals surface area contributed by atoms with Crippen LogP contribution < -0.4 is 10.7 Å². The molecule has 2 heterocycles. The summed E-state index contributed by atoms with van der Waals surface area (Å²) < 4.78 is 7.47. The van der Waals surface area contributed by atoms with Gasteiger partial charge in [0.15, 0.2) is 5.69 Å². The monoisotopic (exact) mass is 491 g/mol. The third kappa shape index (κ3) is 4.47. The summed E-state index contributed by atoms with van der Waals surface area (Å²) in [4.78, 5) is 24.4. The van der Waals surface area contributed by atoms with E-state index >= 15 is 0 Å². The summed E-state index contributed by atoms with van der Waals surface area (Å²) in [6.45, 7) is 3.52. The van der Waals surface area contributed by atoms with Crippen LogP contribution in [0, 0.1) is 10.5 Å². The van der Waals surface area contributed by atoms with Crippen molar-refractivity contribution < 1.29 is 14.0 Å². The average Bonchev–Trinajstić information content (AvgIpc) is 3.24. The molecular weight excluding hydrogens is 473 g/mol. The molecule has 0 radical (unpaired) electrons. The number of aromatic nitrogens is 2. The quantitative estimate of drug-likeness (QED) is 0.325. The molecule has 0 fully saturated rings. The van der Waals surface area contributed by atoms with Gasteiger partial charge < -0.3 is 9.73 Å². The molecule has 0 unspecified atom stereocenters. The molecule has 0 aliphatic heterocycles. The van der Waals surface area contributed by atoms with Crippen molar-refractivity contribution in [1.29, 1.82) is 0 Å². The van der Waals surface area contributed by atoms with Gasteiger partial charge in [0, 0.05) is 18.9 Å². The second-order valence-electron chi connectivity index (χ2n) is 6.06. The summed E-state index contributed by atoms with van der Waals surface area (Å²) in [5, 5.41) is 11.0. The lowest BCUT2D eigenvalue weighted by Gasteiger charge is -2.06. The van der Waals surface area contributed by atoms with E-state index in [2.05, 4.69) is 43.5 Å². The maximum Gasteiger partial charge on any atom is 0.292 e. The van der Waals surface area contributed by atoms with E-state index in [4.69, 9.17) is 4.42 Å². The van der Waals surface area contributed by atoms with Crippen LogP contribution in [0.4, 0.5) is 5.69 Å². The number of nitrogens with zero attached hydrogens (tertiary/aromatic N) is 3. The SMILES string of the molecule is C/C(=N\NC(=O)c1nn(C)cc1I)c1ccc(NC(=O)c2ccoc2C)cc1. The Morgan fingerprint density at radius 1 is 1.18 bits per heavy atom. The van der Waals surface area contributed by atoms with Crippen LogP contribution in [0.1, 0.15) is 39.1 Å². The van der Waals surface area contributed by atoms with Gasteiger partial charge in [-0.15, -0.1) is 0 Å². The first-order valence-corrected chi connectivity index (χ1v) is 9.42. The molecule has 8 nitrogen and oxygen atoms in total. The Labute approximate surface area is 175 Å². The number of carbonyl (C=O) groups excluding carboxylic acids is 2. The first-order valence-electron chi connectivity index (χ1n) is 8.35. The highest BCUT2D eigenvalue weighted by molar-refractivity contribution is 14.1. The zero-order chi connectivity index (χ0) is 20.3. The van der Waals surface area contributed by atoms with Crippen LogP contribution in [0.5, 0.6) is 0 Å². The van der Waals surface area contributed by atoms with E-state index in [9.17, 15) is 9.59 Å².